The predicted octanol–water partition coefficient (Wildman–Crippen LogP) is 2.96. The van der Waals surface area contributed by atoms with Crippen LogP contribution in [0.5, 0.6) is 0 Å². The second kappa shape index (κ2) is 5.77. The molecule has 2 N–H and O–H groups in total. The lowest BCUT2D eigenvalue weighted by molar-refractivity contribution is 0.594. The first kappa shape index (κ1) is 15.4. The second-order valence-corrected chi connectivity index (χ2v) is 6.89. The fraction of sp³-hybridized carbons (Fsp3) is 0.250. The van der Waals surface area contributed by atoms with Crippen molar-refractivity contribution in [1.82, 2.24) is 0 Å². The summed E-state index contributed by atoms with van der Waals surface area (Å²) in [6, 6.07) is 12.6. The van der Waals surface area contributed by atoms with Crippen molar-refractivity contribution >= 4 is 21.4 Å². The summed E-state index contributed by atoms with van der Waals surface area (Å²) in [4.78, 5) is 0.173. The van der Waals surface area contributed by atoms with Crippen LogP contribution in [0.25, 0.3) is 0 Å². The van der Waals surface area contributed by atoms with Crippen LogP contribution in [0.4, 0.5) is 11.4 Å². The number of nitrogens with zero attached hydrogens (tertiary/aromatic N) is 1. The number of rotatable bonds is 4. The van der Waals surface area contributed by atoms with Gasteiger partial charge >= 0.3 is 0 Å². The van der Waals surface area contributed by atoms with Crippen LogP contribution in [-0.2, 0) is 16.4 Å². The van der Waals surface area contributed by atoms with E-state index in [2.05, 4.69) is 6.92 Å². The smallest absolute Gasteiger partial charge is 0.266 e. The van der Waals surface area contributed by atoms with Crippen LogP contribution < -0.4 is 10.0 Å². The van der Waals surface area contributed by atoms with E-state index in [1.54, 1.807) is 32.2 Å². The van der Waals surface area contributed by atoms with Gasteiger partial charge in [0.1, 0.15) is 4.90 Å². The van der Waals surface area contributed by atoms with Crippen molar-refractivity contribution in [2.24, 2.45) is 0 Å². The molecular formula is C16H20N2O2S. The molecule has 112 valence electrons. The van der Waals surface area contributed by atoms with Crippen molar-refractivity contribution in [3.63, 3.8) is 0 Å². The quantitative estimate of drug-likeness (QED) is 0.883. The first-order valence-electron chi connectivity index (χ1n) is 6.81. The largest absolute Gasteiger partial charge is 0.398 e. The average molecular weight is 304 g/mol. The molecule has 0 radical (unpaired) electrons. The van der Waals surface area contributed by atoms with E-state index < -0.39 is 10.0 Å². The zero-order chi connectivity index (χ0) is 15.6. The minimum absolute atomic E-state index is 0.173. The van der Waals surface area contributed by atoms with E-state index in [0.29, 0.717) is 11.3 Å². The lowest BCUT2D eigenvalue weighted by atomic mass is 10.1. The molecule has 0 aromatic heterocycles. The molecule has 0 heterocycles. The molecule has 4 nitrogen and oxygen atoms in total. The third-order valence-corrected chi connectivity index (χ3v) is 5.57. The number of hydrogen-bond acceptors (Lipinski definition) is 3. The van der Waals surface area contributed by atoms with Crippen LogP contribution in [0.3, 0.4) is 0 Å². The summed E-state index contributed by atoms with van der Waals surface area (Å²) in [5.74, 6) is 0. The number of benzene rings is 2. The molecule has 0 amide bonds. The number of aryl methyl sites for hydroxylation is 2. The summed E-state index contributed by atoms with van der Waals surface area (Å²) >= 11 is 0. The van der Waals surface area contributed by atoms with Gasteiger partial charge in [-0.25, -0.2) is 8.42 Å². The molecule has 0 saturated heterocycles. The molecule has 2 rings (SSSR count). The molecule has 0 atom stereocenters. The molecule has 0 saturated carbocycles. The van der Waals surface area contributed by atoms with Gasteiger partial charge in [-0.3, -0.25) is 4.31 Å². The Morgan fingerprint density at radius 2 is 1.71 bits per heavy atom. The fourth-order valence-electron chi connectivity index (χ4n) is 2.24. The Morgan fingerprint density at radius 1 is 1.10 bits per heavy atom. The van der Waals surface area contributed by atoms with Crippen LogP contribution in [-0.4, -0.2) is 15.5 Å². The average Bonchev–Trinajstić information content (AvgIpc) is 2.46. The molecule has 0 aliphatic heterocycles. The van der Waals surface area contributed by atoms with Crippen molar-refractivity contribution in [1.29, 1.82) is 0 Å². The standard InChI is InChI=1S/C16H20N2O2S/c1-4-13-8-10-14(11-9-13)18(3)21(19,20)16-12(2)6-5-7-15(16)17/h5-11H,4,17H2,1-3H3. The van der Waals surface area contributed by atoms with Gasteiger partial charge in [-0.05, 0) is 42.7 Å². The first-order valence-corrected chi connectivity index (χ1v) is 8.25. The predicted molar refractivity (Wildman–Crippen MR) is 87.0 cm³/mol. The maximum atomic E-state index is 12.8. The summed E-state index contributed by atoms with van der Waals surface area (Å²) in [5, 5.41) is 0. The molecule has 2 aromatic rings. The third-order valence-electron chi connectivity index (χ3n) is 3.57. The van der Waals surface area contributed by atoms with E-state index >= 15 is 0 Å². The Bertz CT molecular complexity index is 717. The highest BCUT2D eigenvalue weighted by molar-refractivity contribution is 7.93. The van der Waals surface area contributed by atoms with Crippen molar-refractivity contribution in [3.8, 4) is 0 Å². The van der Waals surface area contributed by atoms with Gasteiger partial charge in [0.05, 0.1) is 11.4 Å². The molecule has 0 bridgehead atoms. The number of anilines is 2. The maximum absolute atomic E-state index is 12.8. The van der Waals surface area contributed by atoms with E-state index in [1.165, 1.54) is 9.87 Å². The minimum Gasteiger partial charge on any atom is -0.398 e. The summed E-state index contributed by atoms with van der Waals surface area (Å²) in [6.07, 6.45) is 0.918. The monoisotopic (exact) mass is 304 g/mol. The fourth-order valence-corrected chi connectivity index (χ4v) is 3.76. The molecule has 0 unspecified atom stereocenters. The number of sulfonamides is 1. The molecule has 0 spiro atoms. The van der Waals surface area contributed by atoms with Gasteiger partial charge < -0.3 is 5.73 Å². The second-order valence-electron chi connectivity index (χ2n) is 4.99. The Kier molecular flexibility index (Phi) is 4.23. The lowest BCUT2D eigenvalue weighted by Gasteiger charge is -2.22. The summed E-state index contributed by atoms with van der Waals surface area (Å²) in [6.45, 7) is 3.81. The topological polar surface area (TPSA) is 63.4 Å². The number of nitrogen functional groups attached to an aromatic ring is 1. The lowest BCUT2D eigenvalue weighted by Crippen LogP contribution is -2.28. The van der Waals surface area contributed by atoms with E-state index in [1.807, 2.05) is 24.3 Å². The molecule has 0 fully saturated rings. The highest BCUT2D eigenvalue weighted by atomic mass is 32.2. The number of nitrogens with two attached hydrogens (primary N) is 1. The zero-order valence-corrected chi connectivity index (χ0v) is 13.3. The molecular weight excluding hydrogens is 284 g/mol. The maximum Gasteiger partial charge on any atom is 0.266 e. The van der Waals surface area contributed by atoms with Gasteiger partial charge in [-0.2, -0.15) is 0 Å². The van der Waals surface area contributed by atoms with Gasteiger partial charge in [0, 0.05) is 7.05 Å². The van der Waals surface area contributed by atoms with Gasteiger partial charge in [0.2, 0.25) is 0 Å². The Labute approximate surface area is 126 Å². The Morgan fingerprint density at radius 3 is 2.24 bits per heavy atom. The minimum atomic E-state index is -3.66. The van der Waals surface area contributed by atoms with Crippen LogP contribution in [0, 0.1) is 6.92 Å². The summed E-state index contributed by atoms with van der Waals surface area (Å²) in [7, 11) is -2.12. The molecule has 21 heavy (non-hydrogen) atoms. The number of hydrogen-bond donors (Lipinski definition) is 1. The molecule has 0 aliphatic rings. The van der Waals surface area contributed by atoms with Crippen molar-refractivity contribution in [2.75, 3.05) is 17.1 Å². The molecule has 5 heteroatoms. The van der Waals surface area contributed by atoms with E-state index in [0.717, 1.165) is 6.42 Å². The van der Waals surface area contributed by atoms with Gasteiger partial charge in [-0.1, -0.05) is 31.2 Å². The van der Waals surface area contributed by atoms with E-state index in [9.17, 15) is 8.42 Å². The van der Waals surface area contributed by atoms with E-state index in [4.69, 9.17) is 5.73 Å². The Balaban J connectivity index is 2.47. The van der Waals surface area contributed by atoms with E-state index in [-0.39, 0.29) is 10.6 Å². The SMILES string of the molecule is CCc1ccc(N(C)S(=O)(=O)c2c(C)cccc2N)cc1. The van der Waals surface area contributed by atoms with Crippen LogP contribution in [0.15, 0.2) is 47.4 Å². The van der Waals surface area contributed by atoms with Crippen LogP contribution >= 0.6 is 0 Å². The Hall–Kier alpha value is -2.01. The normalized spacial score (nSPS) is 11.4. The van der Waals surface area contributed by atoms with Crippen molar-refractivity contribution in [3.05, 3.63) is 53.6 Å². The first-order chi connectivity index (χ1) is 9.87. The zero-order valence-electron chi connectivity index (χ0n) is 12.5. The highest BCUT2D eigenvalue weighted by Crippen LogP contribution is 2.28. The van der Waals surface area contributed by atoms with Crippen LogP contribution in [0.2, 0.25) is 0 Å². The van der Waals surface area contributed by atoms with Crippen LogP contribution in [0.1, 0.15) is 18.1 Å². The molecule has 0 aliphatic carbocycles. The highest BCUT2D eigenvalue weighted by Gasteiger charge is 2.25. The van der Waals surface area contributed by atoms with Gasteiger partial charge in [0.15, 0.2) is 0 Å². The van der Waals surface area contributed by atoms with Crippen molar-refractivity contribution in [2.45, 2.75) is 25.2 Å². The van der Waals surface area contributed by atoms with Crippen molar-refractivity contribution < 1.29 is 8.42 Å². The summed E-state index contributed by atoms with van der Waals surface area (Å²) < 4.78 is 26.8. The summed E-state index contributed by atoms with van der Waals surface area (Å²) in [5.41, 5.74) is 8.57. The molecule has 2 aromatic carbocycles. The third kappa shape index (κ3) is 2.88. The van der Waals surface area contributed by atoms with Gasteiger partial charge in [0.25, 0.3) is 10.0 Å². The van der Waals surface area contributed by atoms with Gasteiger partial charge in [-0.15, -0.1) is 0 Å².